The smallest absolute Gasteiger partial charge is 0.290 e. The molecule has 1 unspecified atom stereocenters. The summed E-state index contributed by atoms with van der Waals surface area (Å²) in [5.41, 5.74) is 2.02. The van der Waals surface area contributed by atoms with Crippen molar-refractivity contribution >= 4 is 33.9 Å². The fourth-order valence-electron chi connectivity index (χ4n) is 4.76. The van der Waals surface area contributed by atoms with E-state index >= 15 is 0 Å². The summed E-state index contributed by atoms with van der Waals surface area (Å²) in [6.07, 6.45) is 6.96. The van der Waals surface area contributed by atoms with Gasteiger partial charge in [0.2, 0.25) is 5.78 Å². The second-order valence-electron chi connectivity index (χ2n) is 7.77. The van der Waals surface area contributed by atoms with E-state index in [1.54, 1.807) is 11.0 Å². The van der Waals surface area contributed by atoms with Crippen molar-refractivity contribution in [1.82, 2.24) is 9.88 Å². The summed E-state index contributed by atoms with van der Waals surface area (Å²) in [6.45, 7) is 0. The van der Waals surface area contributed by atoms with Crippen LogP contribution in [0.2, 0.25) is 0 Å². The van der Waals surface area contributed by atoms with E-state index in [0.29, 0.717) is 4.88 Å². The van der Waals surface area contributed by atoms with Gasteiger partial charge in [-0.25, -0.2) is 0 Å². The second kappa shape index (κ2) is 7.19. The first-order valence-corrected chi connectivity index (χ1v) is 10.9. The molecule has 1 aromatic carbocycles. The van der Waals surface area contributed by atoms with Crippen molar-refractivity contribution < 1.29 is 14.7 Å². The summed E-state index contributed by atoms with van der Waals surface area (Å²) < 4.78 is 0. The van der Waals surface area contributed by atoms with Crippen LogP contribution in [0.3, 0.4) is 0 Å². The van der Waals surface area contributed by atoms with Crippen molar-refractivity contribution in [3.8, 4) is 0 Å². The minimum Gasteiger partial charge on any atom is -0.503 e. The molecule has 148 valence electrons. The van der Waals surface area contributed by atoms with Gasteiger partial charge in [0, 0.05) is 28.7 Å². The van der Waals surface area contributed by atoms with Crippen LogP contribution in [0, 0.1) is 0 Å². The first-order valence-electron chi connectivity index (χ1n) is 10.1. The minimum absolute atomic E-state index is 0.0331. The van der Waals surface area contributed by atoms with Gasteiger partial charge in [-0.2, -0.15) is 0 Å². The first kappa shape index (κ1) is 18.2. The van der Waals surface area contributed by atoms with Gasteiger partial charge in [-0.3, -0.25) is 9.59 Å². The predicted molar refractivity (Wildman–Crippen MR) is 113 cm³/mol. The van der Waals surface area contributed by atoms with Crippen LogP contribution in [0.15, 0.2) is 59.3 Å². The maximum Gasteiger partial charge on any atom is 0.290 e. The van der Waals surface area contributed by atoms with Gasteiger partial charge in [0.15, 0.2) is 5.76 Å². The Labute approximate surface area is 172 Å². The molecule has 2 aromatic heterocycles. The molecule has 0 spiro atoms. The lowest BCUT2D eigenvalue weighted by Crippen LogP contribution is -2.41. The molecule has 29 heavy (non-hydrogen) atoms. The van der Waals surface area contributed by atoms with E-state index in [1.165, 1.54) is 11.3 Å². The number of hydrogen-bond donors (Lipinski definition) is 2. The Balaban J connectivity index is 1.67. The number of benzene rings is 1. The van der Waals surface area contributed by atoms with Crippen molar-refractivity contribution in [2.45, 2.75) is 44.2 Å². The molecule has 1 saturated carbocycles. The zero-order chi connectivity index (χ0) is 20.0. The van der Waals surface area contributed by atoms with Crippen LogP contribution < -0.4 is 0 Å². The summed E-state index contributed by atoms with van der Waals surface area (Å²) in [6, 6.07) is 10.9. The average Bonchev–Trinajstić information content (AvgIpc) is 3.48. The van der Waals surface area contributed by atoms with Crippen LogP contribution in [0.1, 0.15) is 53.4 Å². The van der Waals surface area contributed by atoms with Crippen LogP contribution in [0.25, 0.3) is 10.9 Å². The van der Waals surface area contributed by atoms with Crippen LogP contribution >= 0.6 is 11.3 Å². The van der Waals surface area contributed by atoms with Crippen LogP contribution in [-0.4, -0.2) is 32.7 Å². The number of aromatic amines is 1. The highest BCUT2D eigenvalue weighted by Crippen LogP contribution is 2.45. The number of amides is 1. The van der Waals surface area contributed by atoms with E-state index in [1.807, 2.05) is 41.9 Å². The maximum absolute atomic E-state index is 13.3. The SMILES string of the molecule is O=C(C1=C(O)C(=O)N(C2CCCCC2)C1c1c[nH]c2ccccc12)c1cccs1. The zero-order valence-corrected chi connectivity index (χ0v) is 16.7. The maximum atomic E-state index is 13.3. The molecule has 2 aliphatic rings. The number of aliphatic hydroxyl groups is 1. The van der Waals surface area contributed by atoms with E-state index in [9.17, 15) is 14.7 Å². The highest BCUT2D eigenvalue weighted by atomic mass is 32.1. The normalized spacial score (nSPS) is 20.8. The fraction of sp³-hybridized carbons (Fsp3) is 0.304. The van der Waals surface area contributed by atoms with Gasteiger partial charge in [-0.1, -0.05) is 43.5 Å². The van der Waals surface area contributed by atoms with E-state index < -0.39 is 17.7 Å². The van der Waals surface area contributed by atoms with Gasteiger partial charge in [0.1, 0.15) is 0 Å². The number of aliphatic hydroxyl groups excluding tert-OH is 1. The summed E-state index contributed by atoms with van der Waals surface area (Å²) >= 11 is 1.33. The number of hydrogen-bond acceptors (Lipinski definition) is 4. The van der Waals surface area contributed by atoms with Crippen LogP contribution in [0.4, 0.5) is 0 Å². The lowest BCUT2D eigenvalue weighted by Gasteiger charge is -2.36. The largest absolute Gasteiger partial charge is 0.503 e. The number of nitrogens with one attached hydrogen (secondary N) is 1. The second-order valence-corrected chi connectivity index (χ2v) is 8.71. The molecule has 0 radical (unpaired) electrons. The quantitative estimate of drug-likeness (QED) is 0.589. The number of fused-ring (bicyclic) bond motifs is 1. The van der Waals surface area contributed by atoms with Gasteiger partial charge in [0.25, 0.3) is 5.91 Å². The third-order valence-electron chi connectivity index (χ3n) is 6.12. The topological polar surface area (TPSA) is 73.4 Å². The Kier molecular flexibility index (Phi) is 4.51. The van der Waals surface area contributed by atoms with Gasteiger partial charge < -0.3 is 15.0 Å². The van der Waals surface area contributed by atoms with E-state index in [2.05, 4.69) is 4.98 Å². The first-order chi connectivity index (χ1) is 14.2. The van der Waals surface area contributed by atoms with Crippen LogP contribution in [-0.2, 0) is 4.79 Å². The minimum atomic E-state index is -0.573. The Hall–Kier alpha value is -2.86. The number of aromatic nitrogens is 1. The number of para-hydroxylation sites is 1. The van der Waals surface area contributed by atoms with Gasteiger partial charge in [-0.05, 0) is 30.4 Å². The molecule has 2 N–H and O–H groups in total. The summed E-state index contributed by atoms with van der Waals surface area (Å²) in [5, 5.41) is 13.6. The Morgan fingerprint density at radius 1 is 1.10 bits per heavy atom. The molecule has 1 amide bonds. The molecule has 0 bridgehead atoms. The number of H-pyrrole nitrogens is 1. The highest BCUT2D eigenvalue weighted by Gasteiger charge is 2.47. The predicted octanol–water partition coefficient (Wildman–Crippen LogP) is 5.14. The third-order valence-corrected chi connectivity index (χ3v) is 6.99. The third kappa shape index (κ3) is 2.90. The fourth-order valence-corrected chi connectivity index (χ4v) is 5.43. The Morgan fingerprint density at radius 2 is 1.90 bits per heavy atom. The number of rotatable bonds is 4. The van der Waals surface area contributed by atoms with Gasteiger partial charge in [-0.15, -0.1) is 11.3 Å². The lowest BCUT2D eigenvalue weighted by atomic mass is 9.90. The molecule has 5 rings (SSSR count). The van der Waals surface area contributed by atoms with E-state index in [0.717, 1.165) is 48.6 Å². The monoisotopic (exact) mass is 406 g/mol. The molecule has 3 aromatic rings. The number of Topliss-reactive ketones (excluding diaryl/α,β-unsaturated/α-hetero) is 1. The molecule has 3 heterocycles. The van der Waals surface area contributed by atoms with E-state index in [4.69, 9.17) is 0 Å². The molecular weight excluding hydrogens is 384 g/mol. The van der Waals surface area contributed by atoms with Crippen molar-refractivity contribution in [3.63, 3.8) is 0 Å². The molecule has 1 fully saturated rings. The van der Waals surface area contributed by atoms with Gasteiger partial charge >= 0.3 is 0 Å². The number of carbonyl (C=O) groups is 2. The Morgan fingerprint density at radius 3 is 2.66 bits per heavy atom. The lowest BCUT2D eigenvalue weighted by molar-refractivity contribution is -0.132. The average molecular weight is 407 g/mol. The standard InChI is InChI=1S/C23H22N2O3S/c26-21(18-11-6-12-29-18)19-20(16-13-24-17-10-5-4-9-15(16)17)25(23(28)22(19)27)14-7-2-1-3-8-14/h4-6,9-14,20,24,27H,1-3,7-8H2. The van der Waals surface area contributed by atoms with Crippen LogP contribution in [0.5, 0.6) is 0 Å². The summed E-state index contributed by atoms with van der Waals surface area (Å²) in [4.78, 5) is 32.1. The highest BCUT2D eigenvalue weighted by molar-refractivity contribution is 7.12. The number of ketones is 1. The van der Waals surface area contributed by atoms with Crippen molar-refractivity contribution in [2.75, 3.05) is 0 Å². The molecule has 6 heteroatoms. The van der Waals surface area contributed by atoms with E-state index in [-0.39, 0.29) is 17.4 Å². The summed E-state index contributed by atoms with van der Waals surface area (Å²) in [5.74, 6) is -1.09. The van der Waals surface area contributed by atoms with Crippen molar-refractivity contribution in [1.29, 1.82) is 0 Å². The number of thiophene rings is 1. The van der Waals surface area contributed by atoms with Crippen molar-refractivity contribution in [2.24, 2.45) is 0 Å². The number of nitrogens with zero attached hydrogens (tertiary/aromatic N) is 1. The molecule has 5 nitrogen and oxygen atoms in total. The molecule has 1 aliphatic carbocycles. The zero-order valence-electron chi connectivity index (χ0n) is 15.9. The molecule has 1 atom stereocenters. The summed E-state index contributed by atoms with van der Waals surface area (Å²) in [7, 11) is 0. The Bertz CT molecular complexity index is 1110. The van der Waals surface area contributed by atoms with Gasteiger partial charge in [0.05, 0.1) is 16.5 Å². The molecule has 0 saturated heterocycles. The number of carbonyl (C=O) groups excluding carboxylic acids is 2. The van der Waals surface area contributed by atoms with Crippen molar-refractivity contribution in [3.05, 3.63) is 69.7 Å². The molecular formula is C23H22N2O3S. The molecule has 1 aliphatic heterocycles.